The molecule has 1 N–H and O–H groups in total. The van der Waals surface area contributed by atoms with E-state index in [1.807, 2.05) is 0 Å². The SMILES string of the molecule is N#C/C(=C\C(=O)O)c1cc(F)ccc1F. The molecule has 0 bridgehead atoms. The molecule has 0 amide bonds. The van der Waals surface area contributed by atoms with Crippen molar-refractivity contribution in [1.29, 1.82) is 5.26 Å². The fourth-order valence-corrected chi connectivity index (χ4v) is 0.998. The molecule has 0 aromatic heterocycles. The number of benzene rings is 1. The number of halogens is 2. The van der Waals surface area contributed by atoms with Gasteiger partial charge < -0.3 is 5.11 Å². The van der Waals surface area contributed by atoms with Crippen molar-refractivity contribution in [2.24, 2.45) is 0 Å². The standard InChI is InChI=1S/C10H5F2NO2/c11-7-1-2-9(12)8(4-7)6(5-13)3-10(14)15/h1-4H,(H,14,15)/b6-3+. The highest BCUT2D eigenvalue weighted by molar-refractivity contribution is 5.94. The third-order valence-electron chi connectivity index (χ3n) is 1.61. The first-order chi connectivity index (χ1) is 7.04. The van der Waals surface area contributed by atoms with Gasteiger partial charge in [0.05, 0.1) is 5.57 Å². The minimum Gasteiger partial charge on any atom is -0.478 e. The molecule has 0 aliphatic rings. The number of hydrogen-bond acceptors (Lipinski definition) is 2. The summed E-state index contributed by atoms with van der Waals surface area (Å²) in [6.07, 6.45) is 0.526. The zero-order valence-electron chi connectivity index (χ0n) is 7.37. The largest absolute Gasteiger partial charge is 0.478 e. The number of allylic oxidation sites excluding steroid dienone is 1. The molecule has 1 aromatic rings. The van der Waals surface area contributed by atoms with Crippen LogP contribution in [0.1, 0.15) is 5.56 Å². The van der Waals surface area contributed by atoms with Crippen LogP contribution in [0.25, 0.3) is 5.57 Å². The second-order valence-electron chi connectivity index (χ2n) is 2.63. The van der Waals surface area contributed by atoms with E-state index in [1.165, 1.54) is 6.07 Å². The van der Waals surface area contributed by atoms with E-state index in [0.29, 0.717) is 6.08 Å². The Bertz CT molecular complexity index is 475. The van der Waals surface area contributed by atoms with Crippen LogP contribution in [-0.2, 0) is 4.79 Å². The van der Waals surface area contributed by atoms with Gasteiger partial charge in [0.25, 0.3) is 0 Å². The number of aliphatic carboxylic acids is 1. The molecule has 0 unspecified atom stereocenters. The van der Waals surface area contributed by atoms with Gasteiger partial charge in [-0.3, -0.25) is 0 Å². The van der Waals surface area contributed by atoms with E-state index in [1.54, 1.807) is 0 Å². The summed E-state index contributed by atoms with van der Waals surface area (Å²) in [5, 5.41) is 17.0. The highest BCUT2D eigenvalue weighted by atomic mass is 19.1. The van der Waals surface area contributed by atoms with Gasteiger partial charge in [-0.25, -0.2) is 13.6 Å². The first-order valence-corrected chi connectivity index (χ1v) is 3.84. The van der Waals surface area contributed by atoms with Gasteiger partial charge in [0.15, 0.2) is 0 Å². The van der Waals surface area contributed by atoms with E-state index >= 15 is 0 Å². The van der Waals surface area contributed by atoms with Gasteiger partial charge in [0.2, 0.25) is 0 Å². The Morgan fingerprint density at radius 1 is 1.47 bits per heavy atom. The van der Waals surface area contributed by atoms with Crippen LogP contribution < -0.4 is 0 Å². The number of carbonyl (C=O) groups is 1. The number of rotatable bonds is 2. The van der Waals surface area contributed by atoms with Crippen LogP contribution in [0.5, 0.6) is 0 Å². The fraction of sp³-hybridized carbons (Fsp3) is 0. The quantitative estimate of drug-likeness (QED) is 0.598. The van der Waals surface area contributed by atoms with E-state index in [2.05, 4.69) is 0 Å². The summed E-state index contributed by atoms with van der Waals surface area (Å²) < 4.78 is 25.8. The monoisotopic (exact) mass is 209 g/mol. The summed E-state index contributed by atoms with van der Waals surface area (Å²) in [6.45, 7) is 0. The number of nitrogens with zero attached hydrogens (tertiary/aromatic N) is 1. The number of carboxylic acid groups (broad SMARTS) is 1. The van der Waals surface area contributed by atoms with Gasteiger partial charge in [-0.2, -0.15) is 5.26 Å². The number of carboxylic acids is 1. The molecule has 0 atom stereocenters. The van der Waals surface area contributed by atoms with Gasteiger partial charge in [-0.15, -0.1) is 0 Å². The molecule has 1 rings (SSSR count). The molecule has 0 spiro atoms. The Morgan fingerprint density at radius 3 is 2.67 bits per heavy atom. The van der Waals surface area contributed by atoms with Crippen molar-refractivity contribution in [3.63, 3.8) is 0 Å². The lowest BCUT2D eigenvalue weighted by molar-refractivity contribution is -0.131. The molecule has 0 aliphatic heterocycles. The van der Waals surface area contributed by atoms with Crippen LogP contribution in [0.2, 0.25) is 0 Å². The van der Waals surface area contributed by atoms with E-state index < -0.39 is 23.2 Å². The Balaban J connectivity index is 3.31. The van der Waals surface area contributed by atoms with Crippen molar-refractivity contribution >= 4 is 11.5 Å². The topological polar surface area (TPSA) is 61.1 Å². The van der Waals surface area contributed by atoms with Crippen molar-refractivity contribution in [2.75, 3.05) is 0 Å². The predicted octanol–water partition coefficient (Wildman–Crippen LogP) is 1.96. The minimum atomic E-state index is -1.39. The Hall–Kier alpha value is -2.22. The molecule has 1 aromatic carbocycles. The van der Waals surface area contributed by atoms with Crippen molar-refractivity contribution < 1.29 is 18.7 Å². The molecule has 5 heteroatoms. The lowest BCUT2D eigenvalue weighted by Crippen LogP contribution is -1.94. The number of hydrogen-bond donors (Lipinski definition) is 1. The van der Waals surface area contributed by atoms with E-state index in [0.717, 1.165) is 18.2 Å². The summed E-state index contributed by atoms with van der Waals surface area (Å²) in [4.78, 5) is 10.3. The summed E-state index contributed by atoms with van der Waals surface area (Å²) in [5.74, 6) is -2.97. The molecule has 0 radical (unpaired) electrons. The van der Waals surface area contributed by atoms with E-state index in [-0.39, 0.29) is 5.56 Å². The highest BCUT2D eigenvalue weighted by Crippen LogP contribution is 2.18. The molecule has 76 valence electrons. The van der Waals surface area contributed by atoms with Gasteiger partial charge in [-0.05, 0) is 18.2 Å². The fourth-order valence-electron chi connectivity index (χ4n) is 0.998. The maximum atomic E-state index is 13.1. The zero-order valence-corrected chi connectivity index (χ0v) is 7.37. The molecular weight excluding hydrogens is 204 g/mol. The summed E-state index contributed by atoms with van der Waals surface area (Å²) in [7, 11) is 0. The van der Waals surface area contributed by atoms with Gasteiger partial charge in [0.1, 0.15) is 17.7 Å². The predicted molar refractivity (Wildman–Crippen MR) is 47.6 cm³/mol. The summed E-state index contributed by atoms with van der Waals surface area (Å²) >= 11 is 0. The molecule has 0 aliphatic carbocycles. The van der Waals surface area contributed by atoms with Crippen molar-refractivity contribution in [3.8, 4) is 6.07 Å². The van der Waals surface area contributed by atoms with Crippen molar-refractivity contribution in [3.05, 3.63) is 41.5 Å². The Morgan fingerprint density at radius 2 is 2.13 bits per heavy atom. The first-order valence-electron chi connectivity index (χ1n) is 3.84. The minimum absolute atomic E-state index is 0.361. The van der Waals surface area contributed by atoms with Crippen LogP contribution in [-0.4, -0.2) is 11.1 Å². The normalized spacial score (nSPS) is 10.9. The maximum Gasteiger partial charge on any atom is 0.329 e. The molecular formula is C10H5F2NO2. The second kappa shape index (κ2) is 4.33. The molecule has 0 saturated heterocycles. The van der Waals surface area contributed by atoms with Gasteiger partial charge >= 0.3 is 5.97 Å². The average Bonchev–Trinajstić information content (AvgIpc) is 2.18. The van der Waals surface area contributed by atoms with Gasteiger partial charge in [0, 0.05) is 11.6 Å². The van der Waals surface area contributed by atoms with E-state index in [9.17, 15) is 13.6 Å². The lowest BCUT2D eigenvalue weighted by atomic mass is 10.1. The molecule has 0 saturated carbocycles. The lowest BCUT2D eigenvalue weighted by Gasteiger charge is -2.00. The van der Waals surface area contributed by atoms with Crippen molar-refractivity contribution in [1.82, 2.24) is 0 Å². The van der Waals surface area contributed by atoms with Crippen LogP contribution in [0, 0.1) is 23.0 Å². The Kier molecular flexibility index (Phi) is 3.13. The van der Waals surface area contributed by atoms with Crippen LogP contribution in [0.3, 0.4) is 0 Å². The third kappa shape index (κ3) is 2.61. The van der Waals surface area contributed by atoms with Crippen LogP contribution >= 0.6 is 0 Å². The molecule has 15 heavy (non-hydrogen) atoms. The summed E-state index contributed by atoms with van der Waals surface area (Å²) in [6, 6.07) is 3.98. The van der Waals surface area contributed by atoms with Crippen LogP contribution in [0.4, 0.5) is 8.78 Å². The maximum absolute atomic E-state index is 13.1. The van der Waals surface area contributed by atoms with Gasteiger partial charge in [-0.1, -0.05) is 0 Å². The summed E-state index contributed by atoms with van der Waals surface area (Å²) in [5.41, 5.74) is -0.792. The number of nitriles is 1. The van der Waals surface area contributed by atoms with Crippen molar-refractivity contribution in [2.45, 2.75) is 0 Å². The average molecular weight is 209 g/mol. The zero-order chi connectivity index (χ0) is 11.4. The van der Waals surface area contributed by atoms with E-state index in [4.69, 9.17) is 10.4 Å². The first kappa shape index (κ1) is 10.9. The third-order valence-corrected chi connectivity index (χ3v) is 1.61. The smallest absolute Gasteiger partial charge is 0.329 e. The van der Waals surface area contributed by atoms with Crippen LogP contribution in [0.15, 0.2) is 24.3 Å². The Labute approximate surface area is 83.9 Å². The highest BCUT2D eigenvalue weighted by Gasteiger charge is 2.10. The molecule has 3 nitrogen and oxygen atoms in total. The molecule has 0 heterocycles. The second-order valence-corrected chi connectivity index (χ2v) is 2.63. The molecule has 0 fully saturated rings.